The highest BCUT2D eigenvalue weighted by Crippen LogP contribution is 2.26. The Bertz CT molecular complexity index is 595. The Labute approximate surface area is 119 Å². The van der Waals surface area contributed by atoms with Gasteiger partial charge in [0.1, 0.15) is 0 Å². The van der Waals surface area contributed by atoms with Gasteiger partial charge in [-0.15, -0.1) is 0 Å². The summed E-state index contributed by atoms with van der Waals surface area (Å²) >= 11 is 0. The number of carbonyl (C=O) groups excluding carboxylic acids is 1. The van der Waals surface area contributed by atoms with E-state index >= 15 is 0 Å². The average Bonchev–Trinajstić information content (AvgIpc) is 2.70. The van der Waals surface area contributed by atoms with Crippen LogP contribution in [0.4, 0.5) is 16.2 Å². The van der Waals surface area contributed by atoms with Crippen molar-refractivity contribution in [2.45, 2.75) is 19.3 Å². The van der Waals surface area contributed by atoms with Crippen molar-refractivity contribution in [1.29, 1.82) is 0 Å². The SMILES string of the molecule is O=C(Nc1ccccc1)N1CCCCc2ccccc21. The molecule has 0 bridgehead atoms. The van der Waals surface area contributed by atoms with Crippen LogP contribution in [0.1, 0.15) is 18.4 Å². The standard InChI is InChI=1S/C17H18N2O/c20-17(18-15-10-2-1-3-11-15)19-13-7-6-9-14-8-4-5-12-16(14)19/h1-5,8,10-12H,6-7,9,13H2,(H,18,20). The van der Waals surface area contributed by atoms with E-state index in [1.165, 1.54) is 5.56 Å². The molecule has 0 spiro atoms. The van der Waals surface area contributed by atoms with Crippen molar-refractivity contribution in [3.63, 3.8) is 0 Å². The molecule has 0 radical (unpaired) electrons. The van der Waals surface area contributed by atoms with Gasteiger partial charge in [-0.25, -0.2) is 4.79 Å². The van der Waals surface area contributed by atoms with Crippen LogP contribution in [0, 0.1) is 0 Å². The Morgan fingerprint density at radius 2 is 1.70 bits per heavy atom. The molecule has 0 saturated carbocycles. The van der Waals surface area contributed by atoms with Gasteiger partial charge >= 0.3 is 6.03 Å². The molecule has 2 amide bonds. The van der Waals surface area contributed by atoms with Crippen LogP contribution < -0.4 is 10.2 Å². The molecule has 0 saturated heterocycles. The first-order valence-electron chi connectivity index (χ1n) is 7.06. The van der Waals surface area contributed by atoms with Crippen LogP contribution in [0.25, 0.3) is 0 Å². The minimum absolute atomic E-state index is 0.0504. The quantitative estimate of drug-likeness (QED) is 0.829. The monoisotopic (exact) mass is 266 g/mol. The first-order chi connectivity index (χ1) is 9.84. The van der Waals surface area contributed by atoms with Crippen LogP contribution in [-0.2, 0) is 6.42 Å². The van der Waals surface area contributed by atoms with Crippen molar-refractivity contribution in [2.24, 2.45) is 0 Å². The maximum atomic E-state index is 12.5. The smallest absolute Gasteiger partial charge is 0.308 e. The zero-order valence-corrected chi connectivity index (χ0v) is 11.4. The molecule has 102 valence electrons. The summed E-state index contributed by atoms with van der Waals surface area (Å²) in [4.78, 5) is 14.4. The molecule has 0 aliphatic carbocycles. The predicted molar refractivity (Wildman–Crippen MR) is 82.2 cm³/mol. The van der Waals surface area contributed by atoms with Gasteiger partial charge in [-0.3, -0.25) is 4.90 Å². The molecule has 1 N–H and O–H groups in total. The maximum Gasteiger partial charge on any atom is 0.326 e. The average molecular weight is 266 g/mol. The number of fused-ring (bicyclic) bond motifs is 1. The lowest BCUT2D eigenvalue weighted by Gasteiger charge is -2.23. The van der Waals surface area contributed by atoms with Crippen LogP contribution in [0.3, 0.4) is 0 Å². The lowest BCUT2D eigenvalue weighted by molar-refractivity contribution is 0.257. The molecule has 1 aliphatic heterocycles. The minimum Gasteiger partial charge on any atom is -0.308 e. The van der Waals surface area contributed by atoms with Crippen LogP contribution in [0.5, 0.6) is 0 Å². The number of hydrogen-bond donors (Lipinski definition) is 1. The van der Waals surface area contributed by atoms with Crippen LogP contribution in [0.2, 0.25) is 0 Å². The molecule has 3 heteroatoms. The second-order valence-corrected chi connectivity index (χ2v) is 5.03. The lowest BCUT2D eigenvalue weighted by Crippen LogP contribution is -2.35. The highest BCUT2D eigenvalue weighted by Gasteiger charge is 2.20. The summed E-state index contributed by atoms with van der Waals surface area (Å²) in [6, 6.07) is 17.7. The number of aryl methyl sites for hydroxylation is 1. The van der Waals surface area contributed by atoms with Crippen molar-refractivity contribution < 1.29 is 4.79 Å². The summed E-state index contributed by atoms with van der Waals surface area (Å²) in [7, 11) is 0. The van der Waals surface area contributed by atoms with E-state index in [-0.39, 0.29) is 6.03 Å². The molecule has 0 unspecified atom stereocenters. The fraction of sp³-hybridized carbons (Fsp3) is 0.235. The molecule has 2 aromatic carbocycles. The van der Waals surface area contributed by atoms with E-state index in [9.17, 15) is 4.79 Å². The third kappa shape index (κ3) is 2.67. The summed E-state index contributed by atoms with van der Waals surface area (Å²) in [6.07, 6.45) is 3.22. The van der Waals surface area contributed by atoms with Gasteiger partial charge in [0.25, 0.3) is 0 Å². The van der Waals surface area contributed by atoms with Crippen molar-refractivity contribution in [3.05, 3.63) is 60.2 Å². The molecule has 20 heavy (non-hydrogen) atoms. The van der Waals surface area contributed by atoms with E-state index in [2.05, 4.69) is 11.4 Å². The minimum atomic E-state index is -0.0504. The molecular weight excluding hydrogens is 248 g/mol. The van der Waals surface area contributed by atoms with Gasteiger partial charge in [-0.05, 0) is 43.0 Å². The Balaban J connectivity index is 1.84. The fourth-order valence-corrected chi connectivity index (χ4v) is 2.61. The third-order valence-electron chi connectivity index (χ3n) is 3.63. The van der Waals surface area contributed by atoms with Crippen molar-refractivity contribution in [2.75, 3.05) is 16.8 Å². The summed E-state index contributed by atoms with van der Waals surface area (Å²) in [6.45, 7) is 0.773. The van der Waals surface area contributed by atoms with E-state index in [1.54, 1.807) is 0 Å². The number of urea groups is 1. The molecule has 0 aromatic heterocycles. The number of nitrogens with zero attached hydrogens (tertiary/aromatic N) is 1. The zero-order chi connectivity index (χ0) is 13.8. The summed E-state index contributed by atoms with van der Waals surface area (Å²) in [5, 5.41) is 2.97. The molecule has 1 aliphatic rings. The molecule has 0 atom stereocenters. The van der Waals surface area contributed by atoms with Crippen molar-refractivity contribution in [1.82, 2.24) is 0 Å². The summed E-state index contributed by atoms with van der Waals surface area (Å²) < 4.78 is 0. The largest absolute Gasteiger partial charge is 0.326 e. The third-order valence-corrected chi connectivity index (χ3v) is 3.63. The highest BCUT2D eigenvalue weighted by atomic mass is 16.2. The van der Waals surface area contributed by atoms with Gasteiger partial charge in [-0.1, -0.05) is 36.4 Å². The molecule has 1 heterocycles. The predicted octanol–water partition coefficient (Wildman–Crippen LogP) is 4.06. The Hall–Kier alpha value is -2.29. The highest BCUT2D eigenvalue weighted by molar-refractivity contribution is 6.02. The van der Waals surface area contributed by atoms with Crippen LogP contribution in [0.15, 0.2) is 54.6 Å². The van der Waals surface area contributed by atoms with Gasteiger partial charge in [0.2, 0.25) is 0 Å². The number of para-hydroxylation sites is 2. The molecule has 0 fully saturated rings. The Morgan fingerprint density at radius 3 is 2.55 bits per heavy atom. The number of nitrogens with one attached hydrogen (secondary N) is 1. The maximum absolute atomic E-state index is 12.5. The van der Waals surface area contributed by atoms with E-state index < -0.39 is 0 Å². The second kappa shape index (κ2) is 5.78. The van der Waals surface area contributed by atoms with Crippen LogP contribution in [-0.4, -0.2) is 12.6 Å². The van der Waals surface area contributed by atoms with Gasteiger partial charge < -0.3 is 5.32 Å². The molecule has 3 rings (SSSR count). The van der Waals surface area contributed by atoms with E-state index in [1.807, 2.05) is 53.4 Å². The molecule has 2 aromatic rings. The number of carbonyl (C=O) groups is 1. The Morgan fingerprint density at radius 1 is 0.950 bits per heavy atom. The fourth-order valence-electron chi connectivity index (χ4n) is 2.61. The van der Waals surface area contributed by atoms with Gasteiger partial charge in [-0.2, -0.15) is 0 Å². The van der Waals surface area contributed by atoms with Crippen molar-refractivity contribution in [3.8, 4) is 0 Å². The number of rotatable bonds is 1. The first kappa shape index (κ1) is 12.7. The lowest BCUT2D eigenvalue weighted by atomic mass is 10.1. The molecular formula is C17H18N2O. The summed E-state index contributed by atoms with van der Waals surface area (Å²) in [5.74, 6) is 0. The Kier molecular flexibility index (Phi) is 3.68. The number of hydrogen-bond acceptors (Lipinski definition) is 1. The van der Waals surface area contributed by atoms with Gasteiger partial charge in [0.05, 0.1) is 0 Å². The second-order valence-electron chi connectivity index (χ2n) is 5.03. The van der Waals surface area contributed by atoms with Crippen molar-refractivity contribution >= 4 is 17.4 Å². The van der Waals surface area contributed by atoms with E-state index in [4.69, 9.17) is 0 Å². The topological polar surface area (TPSA) is 32.3 Å². The first-order valence-corrected chi connectivity index (χ1v) is 7.06. The zero-order valence-electron chi connectivity index (χ0n) is 11.4. The van der Waals surface area contributed by atoms with E-state index in [0.717, 1.165) is 37.2 Å². The summed E-state index contributed by atoms with van der Waals surface area (Å²) in [5.41, 5.74) is 3.13. The number of anilines is 2. The van der Waals surface area contributed by atoms with Gasteiger partial charge in [0.15, 0.2) is 0 Å². The van der Waals surface area contributed by atoms with E-state index in [0.29, 0.717) is 0 Å². The molecule has 3 nitrogen and oxygen atoms in total. The number of benzene rings is 2. The van der Waals surface area contributed by atoms with Crippen LogP contribution >= 0.6 is 0 Å². The number of amides is 2. The van der Waals surface area contributed by atoms with Gasteiger partial charge in [0, 0.05) is 17.9 Å². The normalized spacial score (nSPS) is 14.3.